The molecular weight excluding hydrogens is 438 g/mol. The van der Waals surface area contributed by atoms with Crippen molar-refractivity contribution in [1.82, 2.24) is 28.2 Å². The van der Waals surface area contributed by atoms with Gasteiger partial charge in [-0.3, -0.25) is 23.3 Å². The number of halogens is 2. The van der Waals surface area contributed by atoms with Crippen molar-refractivity contribution in [2.45, 2.75) is 39.0 Å². The number of aryl methyl sites for hydroxylation is 2. The molecule has 0 saturated heterocycles. The van der Waals surface area contributed by atoms with Crippen molar-refractivity contribution in [3.63, 3.8) is 0 Å². The third-order valence-corrected chi connectivity index (χ3v) is 5.49. The number of para-hydroxylation sites is 2. The zero-order valence-electron chi connectivity index (χ0n) is 18.2. The number of carbonyl (C=O) groups is 1. The average Bonchev–Trinajstić information content (AvgIpc) is 3.38. The molecule has 1 unspecified atom stereocenters. The van der Waals surface area contributed by atoms with E-state index in [2.05, 4.69) is 9.97 Å². The van der Waals surface area contributed by atoms with Gasteiger partial charge in [-0.05, 0) is 25.5 Å². The number of hydrogen-bond donors (Lipinski definition) is 0. The Morgan fingerprint density at radius 3 is 2.61 bits per heavy atom. The van der Waals surface area contributed by atoms with Crippen LogP contribution in [0.4, 0.5) is 8.78 Å². The predicted molar refractivity (Wildman–Crippen MR) is 115 cm³/mol. The molecule has 10 nitrogen and oxygen atoms in total. The molecule has 174 valence electrons. The van der Waals surface area contributed by atoms with Gasteiger partial charge in [0.25, 0.3) is 5.56 Å². The maximum absolute atomic E-state index is 13.6. The zero-order chi connectivity index (χ0) is 23.9. The van der Waals surface area contributed by atoms with E-state index >= 15 is 0 Å². The number of aromatic nitrogens is 6. The van der Waals surface area contributed by atoms with Crippen LogP contribution in [0.1, 0.15) is 38.2 Å². The van der Waals surface area contributed by atoms with Gasteiger partial charge < -0.3 is 9.30 Å². The second-order valence-electron chi connectivity index (χ2n) is 7.66. The van der Waals surface area contributed by atoms with Crippen LogP contribution in [-0.2, 0) is 30.2 Å². The van der Waals surface area contributed by atoms with Gasteiger partial charge in [0.05, 0.1) is 17.4 Å². The second-order valence-corrected chi connectivity index (χ2v) is 7.66. The molecule has 0 bridgehead atoms. The fourth-order valence-electron chi connectivity index (χ4n) is 3.82. The molecule has 0 saturated carbocycles. The van der Waals surface area contributed by atoms with Crippen LogP contribution in [0.2, 0.25) is 0 Å². The van der Waals surface area contributed by atoms with Gasteiger partial charge in [-0.15, -0.1) is 0 Å². The van der Waals surface area contributed by atoms with E-state index in [0.717, 1.165) is 9.13 Å². The first kappa shape index (κ1) is 22.4. The molecule has 12 heteroatoms. The first-order valence-corrected chi connectivity index (χ1v) is 10.3. The van der Waals surface area contributed by atoms with Crippen molar-refractivity contribution in [2.24, 2.45) is 14.1 Å². The Hall–Kier alpha value is -3.83. The standard InChI is InChI=1S/C21H22F2N6O4/c1-12(17-25-13-7-4-5-8-14(13)29(17)20(22)23)33-15(30)9-6-10-28-11-24-18-16(28)19(31)27(3)21(32)26(18)2/h4-5,7-8,11-12,20H,6,9-10H2,1-3H3. The lowest BCUT2D eigenvalue weighted by molar-refractivity contribution is -0.149. The number of nitrogens with zero attached hydrogens (tertiary/aromatic N) is 6. The maximum Gasteiger partial charge on any atom is 0.332 e. The van der Waals surface area contributed by atoms with E-state index in [1.165, 1.54) is 38.0 Å². The summed E-state index contributed by atoms with van der Waals surface area (Å²) in [5.74, 6) is -0.621. The second kappa shape index (κ2) is 8.60. The van der Waals surface area contributed by atoms with E-state index in [1.54, 1.807) is 22.8 Å². The monoisotopic (exact) mass is 460 g/mol. The number of alkyl halides is 2. The lowest BCUT2D eigenvalue weighted by atomic mass is 10.3. The van der Waals surface area contributed by atoms with E-state index in [9.17, 15) is 23.2 Å². The SMILES string of the molecule is CC(OC(=O)CCCn1cnc2c1c(=O)n(C)c(=O)n2C)c1nc2ccccc2n1C(F)F. The highest BCUT2D eigenvalue weighted by molar-refractivity contribution is 5.76. The van der Waals surface area contributed by atoms with Crippen LogP contribution in [0.5, 0.6) is 0 Å². The fourth-order valence-corrected chi connectivity index (χ4v) is 3.82. The molecule has 0 aliphatic rings. The van der Waals surface area contributed by atoms with Gasteiger partial charge >= 0.3 is 18.2 Å². The number of benzene rings is 1. The number of hydrogen-bond acceptors (Lipinski definition) is 6. The Kier molecular flexibility index (Phi) is 5.83. The Morgan fingerprint density at radius 1 is 1.15 bits per heavy atom. The predicted octanol–water partition coefficient (Wildman–Crippen LogP) is 2.26. The molecule has 0 fully saturated rings. The molecule has 0 amide bonds. The molecular formula is C21H22F2N6O4. The molecule has 3 aromatic heterocycles. The summed E-state index contributed by atoms with van der Waals surface area (Å²) in [5.41, 5.74) is 0.196. The number of esters is 1. The minimum atomic E-state index is -2.83. The van der Waals surface area contributed by atoms with Crippen LogP contribution >= 0.6 is 0 Å². The minimum Gasteiger partial charge on any atom is -0.454 e. The van der Waals surface area contributed by atoms with Crippen LogP contribution in [0, 0.1) is 0 Å². The lowest BCUT2D eigenvalue weighted by Gasteiger charge is -2.15. The highest BCUT2D eigenvalue weighted by Crippen LogP contribution is 2.28. The van der Waals surface area contributed by atoms with Crippen LogP contribution in [0.15, 0.2) is 40.2 Å². The Labute approximate surface area is 185 Å². The summed E-state index contributed by atoms with van der Waals surface area (Å²) in [7, 11) is 2.90. The fraction of sp³-hybridized carbons (Fsp3) is 0.381. The molecule has 0 aliphatic carbocycles. The summed E-state index contributed by atoms with van der Waals surface area (Å²) in [5, 5.41) is 0. The Balaban J connectivity index is 1.45. The molecule has 4 rings (SSSR count). The van der Waals surface area contributed by atoms with Gasteiger partial charge in [0.15, 0.2) is 23.1 Å². The number of carbonyl (C=O) groups excluding carboxylic acids is 1. The molecule has 0 spiro atoms. The smallest absolute Gasteiger partial charge is 0.332 e. The van der Waals surface area contributed by atoms with E-state index in [-0.39, 0.29) is 35.5 Å². The molecule has 0 N–H and O–H groups in total. The third-order valence-electron chi connectivity index (χ3n) is 5.49. The van der Waals surface area contributed by atoms with Crippen LogP contribution in [-0.4, -0.2) is 34.2 Å². The highest BCUT2D eigenvalue weighted by atomic mass is 19.3. The summed E-state index contributed by atoms with van der Waals surface area (Å²) in [6.07, 6.45) is 0.763. The Bertz CT molecular complexity index is 1470. The first-order chi connectivity index (χ1) is 15.7. The molecule has 1 aromatic carbocycles. The molecule has 0 radical (unpaired) electrons. The number of ether oxygens (including phenoxy) is 1. The van der Waals surface area contributed by atoms with Crippen LogP contribution < -0.4 is 11.2 Å². The summed E-state index contributed by atoms with van der Waals surface area (Å²) < 4.78 is 37.2. The maximum atomic E-state index is 13.6. The molecule has 33 heavy (non-hydrogen) atoms. The van der Waals surface area contributed by atoms with Gasteiger partial charge in [0.2, 0.25) is 0 Å². The van der Waals surface area contributed by atoms with Gasteiger partial charge in [0, 0.05) is 27.1 Å². The van der Waals surface area contributed by atoms with E-state index < -0.39 is 29.9 Å². The summed E-state index contributed by atoms with van der Waals surface area (Å²) in [6, 6.07) is 6.47. The summed E-state index contributed by atoms with van der Waals surface area (Å²) >= 11 is 0. The van der Waals surface area contributed by atoms with Crippen molar-refractivity contribution in [2.75, 3.05) is 0 Å². The quantitative estimate of drug-likeness (QED) is 0.392. The normalized spacial score (nSPS) is 12.7. The molecule has 3 heterocycles. The van der Waals surface area contributed by atoms with Crippen LogP contribution in [0.25, 0.3) is 22.2 Å². The largest absolute Gasteiger partial charge is 0.454 e. The van der Waals surface area contributed by atoms with E-state index in [4.69, 9.17) is 4.74 Å². The summed E-state index contributed by atoms with van der Waals surface area (Å²) in [4.78, 5) is 45.2. The minimum absolute atomic E-state index is 0.00893. The lowest BCUT2D eigenvalue weighted by Crippen LogP contribution is -2.37. The van der Waals surface area contributed by atoms with Gasteiger partial charge in [0.1, 0.15) is 0 Å². The van der Waals surface area contributed by atoms with Gasteiger partial charge in [-0.1, -0.05) is 12.1 Å². The topological polar surface area (TPSA) is 106 Å². The highest BCUT2D eigenvalue weighted by Gasteiger charge is 2.24. The van der Waals surface area contributed by atoms with Crippen molar-refractivity contribution >= 4 is 28.2 Å². The number of imidazole rings is 2. The number of fused-ring (bicyclic) bond motifs is 2. The zero-order valence-corrected chi connectivity index (χ0v) is 18.2. The van der Waals surface area contributed by atoms with Gasteiger partial charge in [-0.2, -0.15) is 8.78 Å². The first-order valence-electron chi connectivity index (χ1n) is 10.3. The third kappa shape index (κ3) is 3.92. The summed E-state index contributed by atoms with van der Waals surface area (Å²) in [6.45, 7) is -1.06. The van der Waals surface area contributed by atoms with Crippen molar-refractivity contribution < 1.29 is 18.3 Å². The van der Waals surface area contributed by atoms with Crippen molar-refractivity contribution in [3.05, 3.63) is 57.3 Å². The molecule has 0 aliphatic heterocycles. The van der Waals surface area contributed by atoms with Crippen molar-refractivity contribution in [1.29, 1.82) is 0 Å². The average molecular weight is 460 g/mol. The van der Waals surface area contributed by atoms with Gasteiger partial charge in [-0.25, -0.2) is 14.8 Å². The van der Waals surface area contributed by atoms with Crippen molar-refractivity contribution in [3.8, 4) is 0 Å². The number of rotatable bonds is 7. The van der Waals surface area contributed by atoms with Crippen LogP contribution in [0.3, 0.4) is 0 Å². The van der Waals surface area contributed by atoms with E-state index in [0.29, 0.717) is 11.9 Å². The Morgan fingerprint density at radius 2 is 1.88 bits per heavy atom. The molecule has 4 aromatic rings. The molecule has 1 atom stereocenters. The van der Waals surface area contributed by atoms with E-state index in [1.807, 2.05) is 0 Å².